The first-order valence-electron chi connectivity index (χ1n) is 6.14. The summed E-state index contributed by atoms with van der Waals surface area (Å²) >= 11 is 0. The van der Waals surface area contributed by atoms with E-state index in [9.17, 15) is 27.9 Å². The number of hydrogen-bond acceptors (Lipinski definition) is 5. The minimum absolute atomic E-state index is 0. The Bertz CT molecular complexity index is 584. The van der Waals surface area contributed by atoms with Crippen LogP contribution >= 0.6 is 0 Å². The minimum atomic E-state index is -4.64. The Hall–Kier alpha value is -1.27. The van der Waals surface area contributed by atoms with E-state index >= 15 is 0 Å². The molecule has 2 rings (SSSR count). The van der Waals surface area contributed by atoms with E-state index in [0.717, 1.165) is 6.07 Å². The van der Waals surface area contributed by atoms with Crippen molar-refractivity contribution in [1.29, 1.82) is 0 Å². The number of ether oxygens (including phenoxy) is 1. The van der Waals surface area contributed by atoms with E-state index in [1.807, 2.05) is 0 Å². The van der Waals surface area contributed by atoms with Gasteiger partial charge in [0, 0.05) is 32.4 Å². The third-order valence-electron chi connectivity index (χ3n) is 3.12. The fourth-order valence-electron chi connectivity index (χ4n) is 2.09. The quantitative estimate of drug-likeness (QED) is 0.526. The molecule has 10 heteroatoms. The standard InChI is InChI=1S/C12H13F3N2O4.Li/c13-12(14,15)21-8-6-16(7-8)4-5-17-3-1-2-9(10(17)18)11(19)20;/h1-3,8H,4-7H2,(H,19,20);/q;+1/p-1. The maximum absolute atomic E-state index is 11.9. The molecule has 22 heavy (non-hydrogen) atoms. The number of carboxylic acids is 1. The number of nitrogens with zero attached hydrogens (tertiary/aromatic N) is 2. The molecule has 0 aromatic carbocycles. The Morgan fingerprint density at radius 3 is 2.55 bits per heavy atom. The third kappa shape index (κ3) is 4.88. The smallest absolute Gasteiger partial charge is 0.545 e. The second-order valence-corrected chi connectivity index (χ2v) is 4.65. The van der Waals surface area contributed by atoms with Crippen molar-refractivity contribution in [3.05, 3.63) is 34.2 Å². The van der Waals surface area contributed by atoms with Crippen LogP contribution in [0.15, 0.2) is 23.1 Å². The van der Waals surface area contributed by atoms with Gasteiger partial charge in [-0.1, -0.05) is 0 Å². The molecule has 0 aliphatic carbocycles. The van der Waals surface area contributed by atoms with Crippen LogP contribution in [0.1, 0.15) is 10.4 Å². The monoisotopic (exact) mass is 312 g/mol. The Labute approximate surface area is 135 Å². The van der Waals surface area contributed by atoms with Gasteiger partial charge in [-0.15, -0.1) is 13.2 Å². The second kappa shape index (κ2) is 7.33. The van der Waals surface area contributed by atoms with Crippen LogP contribution in [0.4, 0.5) is 13.2 Å². The molecule has 1 aliphatic heterocycles. The van der Waals surface area contributed by atoms with Crippen molar-refractivity contribution < 1.29 is 46.7 Å². The summed E-state index contributed by atoms with van der Waals surface area (Å²) in [5.41, 5.74) is -1.14. The molecule has 0 saturated carbocycles. The number of carbonyl (C=O) groups excluding carboxylic acids is 1. The molecule has 1 aromatic rings. The number of aromatic nitrogens is 1. The van der Waals surface area contributed by atoms with Crippen molar-refractivity contribution in [2.24, 2.45) is 0 Å². The largest absolute Gasteiger partial charge is 1.00 e. The molecule has 1 aliphatic rings. The molecule has 0 spiro atoms. The summed E-state index contributed by atoms with van der Waals surface area (Å²) < 4.78 is 40.8. The summed E-state index contributed by atoms with van der Waals surface area (Å²) in [6.07, 6.45) is -4.12. The predicted molar refractivity (Wildman–Crippen MR) is 62.4 cm³/mol. The molecular weight excluding hydrogens is 300 g/mol. The van der Waals surface area contributed by atoms with Gasteiger partial charge in [-0.3, -0.25) is 14.4 Å². The number of alkyl halides is 3. The van der Waals surface area contributed by atoms with Crippen LogP contribution in [0.5, 0.6) is 0 Å². The first kappa shape index (κ1) is 18.8. The van der Waals surface area contributed by atoms with Crippen molar-refractivity contribution in [3.8, 4) is 0 Å². The van der Waals surface area contributed by atoms with Gasteiger partial charge in [-0.2, -0.15) is 0 Å². The Kier molecular flexibility index (Phi) is 6.25. The van der Waals surface area contributed by atoms with Crippen LogP contribution < -0.4 is 29.5 Å². The van der Waals surface area contributed by atoms with Gasteiger partial charge in [0.2, 0.25) is 0 Å². The predicted octanol–water partition coefficient (Wildman–Crippen LogP) is -3.56. The molecule has 0 radical (unpaired) electrons. The molecule has 116 valence electrons. The van der Waals surface area contributed by atoms with E-state index in [0.29, 0.717) is 6.54 Å². The number of rotatable bonds is 5. The van der Waals surface area contributed by atoms with Gasteiger partial charge < -0.3 is 14.5 Å². The molecule has 0 N–H and O–H groups in total. The molecule has 0 amide bonds. The van der Waals surface area contributed by atoms with E-state index in [-0.39, 0.29) is 38.5 Å². The molecule has 0 bridgehead atoms. The number of hydrogen-bond donors (Lipinski definition) is 0. The van der Waals surface area contributed by atoms with E-state index in [1.54, 1.807) is 4.90 Å². The third-order valence-corrected chi connectivity index (χ3v) is 3.12. The molecule has 1 fully saturated rings. The maximum atomic E-state index is 11.9. The van der Waals surface area contributed by atoms with Crippen LogP contribution in [0, 0.1) is 0 Å². The van der Waals surface area contributed by atoms with Gasteiger partial charge in [0.1, 0.15) is 0 Å². The number of carbonyl (C=O) groups is 1. The fraction of sp³-hybridized carbons (Fsp3) is 0.500. The molecule has 0 unspecified atom stereocenters. The van der Waals surface area contributed by atoms with Crippen molar-refractivity contribution in [2.75, 3.05) is 19.6 Å². The van der Waals surface area contributed by atoms with Crippen molar-refractivity contribution in [3.63, 3.8) is 0 Å². The number of halogens is 3. The summed E-state index contributed by atoms with van der Waals surface area (Å²) in [4.78, 5) is 24.1. The van der Waals surface area contributed by atoms with Gasteiger partial charge in [0.15, 0.2) is 0 Å². The number of carboxylic acid groups (broad SMARTS) is 1. The van der Waals surface area contributed by atoms with E-state index in [4.69, 9.17) is 0 Å². The Morgan fingerprint density at radius 1 is 1.36 bits per heavy atom. The zero-order valence-corrected chi connectivity index (χ0v) is 11.8. The van der Waals surface area contributed by atoms with Crippen LogP contribution in [-0.2, 0) is 11.3 Å². The van der Waals surface area contributed by atoms with E-state index < -0.39 is 29.6 Å². The molecule has 1 aromatic heterocycles. The zero-order chi connectivity index (χ0) is 15.6. The summed E-state index contributed by atoms with van der Waals surface area (Å²) in [5.74, 6) is -1.56. The fourth-order valence-corrected chi connectivity index (χ4v) is 2.09. The topological polar surface area (TPSA) is 74.6 Å². The van der Waals surface area contributed by atoms with E-state index in [1.165, 1.54) is 16.8 Å². The number of likely N-dealkylation sites (tertiary alicyclic amines) is 1. The first-order valence-corrected chi connectivity index (χ1v) is 6.14. The van der Waals surface area contributed by atoms with Gasteiger partial charge in [-0.25, -0.2) is 0 Å². The average molecular weight is 312 g/mol. The van der Waals surface area contributed by atoms with Crippen molar-refractivity contribution in [2.45, 2.75) is 19.0 Å². The molecule has 1 saturated heterocycles. The summed E-state index contributed by atoms with van der Waals surface area (Å²) in [7, 11) is 0. The maximum Gasteiger partial charge on any atom is 1.00 e. The Morgan fingerprint density at radius 2 is 2.00 bits per heavy atom. The van der Waals surface area contributed by atoms with Gasteiger partial charge in [0.05, 0.1) is 17.6 Å². The molecule has 0 atom stereocenters. The van der Waals surface area contributed by atoms with Gasteiger partial charge >= 0.3 is 25.2 Å². The average Bonchev–Trinajstić information content (AvgIpc) is 2.31. The van der Waals surface area contributed by atoms with E-state index in [2.05, 4.69) is 4.74 Å². The molecule has 2 heterocycles. The minimum Gasteiger partial charge on any atom is -0.545 e. The molecular formula is C12H12F3LiN2O4. The summed E-state index contributed by atoms with van der Waals surface area (Å²) in [6, 6.07) is 2.54. The van der Waals surface area contributed by atoms with Gasteiger partial charge in [0.25, 0.3) is 5.56 Å². The normalized spacial score (nSPS) is 16.0. The summed E-state index contributed by atoms with van der Waals surface area (Å²) in [5, 5.41) is 10.7. The zero-order valence-electron chi connectivity index (χ0n) is 11.8. The number of pyridine rings is 1. The summed E-state index contributed by atoms with van der Waals surface area (Å²) in [6.45, 7) is 0.746. The Balaban J connectivity index is 0.00000242. The van der Waals surface area contributed by atoms with Crippen LogP contribution in [0.2, 0.25) is 0 Å². The molecule has 6 nitrogen and oxygen atoms in total. The van der Waals surface area contributed by atoms with Crippen LogP contribution in [0.3, 0.4) is 0 Å². The number of aromatic carboxylic acids is 1. The van der Waals surface area contributed by atoms with Crippen LogP contribution in [-0.4, -0.2) is 47.5 Å². The van der Waals surface area contributed by atoms with Crippen molar-refractivity contribution in [1.82, 2.24) is 9.47 Å². The SMILES string of the molecule is O=C([O-])c1cccn(CCN2CC(OC(F)(F)F)C2)c1=O.[Li+]. The second-order valence-electron chi connectivity index (χ2n) is 4.65. The van der Waals surface area contributed by atoms with Gasteiger partial charge in [-0.05, 0) is 12.1 Å². The van der Waals surface area contributed by atoms with Crippen LogP contribution in [0.25, 0.3) is 0 Å². The first-order chi connectivity index (χ1) is 9.76. The van der Waals surface area contributed by atoms with Crippen molar-refractivity contribution >= 4 is 5.97 Å².